The Morgan fingerprint density at radius 3 is 2.32 bits per heavy atom. The lowest BCUT2D eigenvalue weighted by molar-refractivity contribution is -0.153. The molecule has 2 aliphatic carbocycles. The summed E-state index contributed by atoms with van der Waals surface area (Å²) in [4.78, 5) is 38.1. The molecule has 130 valence electrons. The largest absolute Gasteiger partial charge is 0.464 e. The van der Waals surface area contributed by atoms with Crippen molar-refractivity contribution in [2.45, 2.75) is 19.3 Å². The van der Waals surface area contributed by atoms with E-state index in [0.717, 1.165) is 24.2 Å². The lowest BCUT2D eigenvalue weighted by Crippen LogP contribution is -2.38. The lowest BCUT2D eigenvalue weighted by Gasteiger charge is -2.16. The fourth-order valence-corrected chi connectivity index (χ4v) is 4.40. The summed E-state index contributed by atoms with van der Waals surface area (Å²) in [6.07, 6.45) is 6.53. The van der Waals surface area contributed by atoms with E-state index in [1.165, 1.54) is 5.56 Å². The first-order valence-electron chi connectivity index (χ1n) is 8.88. The summed E-state index contributed by atoms with van der Waals surface area (Å²) in [5.74, 6) is -1.09. The highest BCUT2D eigenvalue weighted by Crippen LogP contribution is 2.52. The molecule has 0 N–H and O–H groups in total. The predicted octanol–water partition coefficient (Wildman–Crippen LogP) is 1.97. The van der Waals surface area contributed by atoms with E-state index in [4.69, 9.17) is 4.74 Å². The van der Waals surface area contributed by atoms with E-state index >= 15 is 0 Å². The Bertz CT molecular complexity index is 696. The number of ether oxygens (including phenoxy) is 1. The highest BCUT2D eigenvalue weighted by atomic mass is 16.5. The van der Waals surface area contributed by atoms with Crippen molar-refractivity contribution >= 4 is 17.8 Å². The second kappa shape index (κ2) is 6.47. The molecule has 0 spiro atoms. The zero-order chi connectivity index (χ0) is 17.4. The molecule has 1 aromatic carbocycles. The van der Waals surface area contributed by atoms with Gasteiger partial charge >= 0.3 is 5.97 Å². The van der Waals surface area contributed by atoms with Gasteiger partial charge in [-0.1, -0.05) is 42.5 Å². The maximum atomic E-state index is 12.5. The molecule has 5 nitrogen and oxygen atoms in total. The number of amides is 2. The number of fused-ring (bicyclic) bond motifs is 5. The first-order valence-corrected chi connectivity index (χ1v) is 8.88. The molecule has 0 aromatic heterocycles. The maximum Gasteiger partial charge on any atom is 0.326 e. The molecule has 4 rings (SSSR count). The third-order valence-electron chi connectivity index (χ3n) is 5.56. The van der Waals surface area contributed by atoms with Gasteiger partial charge in [-0.15, -0.1) is 0 Å². The molecule has 1 aromatic rings. The number of benzene rings is 1. The van der Waals surface area contributed by atoms with Gasteiger partial charge in [0.1, 0.15) is 6.54 Å². The van der Waals surface area contributed by atoms with Crippen LogP contribution in [-0.4, -0.2) is 35.8 Å². The van der Waals surface area contributed by atoms with Crippen molar-refractivity contribution in [3.05, 3.63) is 48.0 Å². The Kier molecular flexibility index (Phi) is 4.15. The zero-order valence-corrected chi connectivity index (χ0v) is 14.0. The van der Waals surface area contributed by atoms with Crippen LogP contribution in [0.15, 0.2) is 42.5 Å². The van der Waals surface area contributed by atoms with Crippen molar-refractivity contribution in [2.75, 3.05) is 13.2 Å². The van der Waals surface area contributed by atoms with Crippen molar-refractivity contribution in [1.82, 2.24) is 4.90 Å². The van der Waals surface area contributed by atoms with Gasteiger partial charge in [0.2, 0.25) is 11.8 Å². The molecule has 1 heterocycles. The number of imide groups is 1. The summed E-state index contributed by atoms with van der Waals surface area (Å²) in [6.45, 7) is 0.0407. The second-order valence-corrected chi connectivity index (χ2v) is 7.07. The molecular weight excluding hydrogens is 318 g/mol. The monoisotopic (exact) mass is 339 g/mol. The van der Waals surface area contributed by atoms with Crippen molar-refractivity contribution in [3.63, 3.8) is 0 Å². The molecular formula is C20H21NO4. The minimum absolute atomic E-state index is 0.165. The number of nitrogens with zero attached hydrogens (tertiary/aromatic N) is 1. The topological polar surface area (TPSA) is 63.7 Å². The quantitative estimate of drug-likeness (QED) is 0.344. The molecule has 2 amide bonds. The normalized spacial score (nSPS) is 29.4. The minimum atomic E-state index is -0.505. The summed E-state index contributed by atoms with van der Waals surface area (Å²) >= 11 is 0. The molecule has 5 heteroatoms. The molecule has 0 radical (unpaired) electrons. The van der Waals surface area contributed by atoms with E-state index in [9.17, 15) is 14.4 Å². The maximum absolute atomic E-state index is 12.5. The first-order chi connectivity index (χ1) is 12.1. The van der Waals surface area contributed by atoms with Gasteiger partial charge in [0.15, 0.2) is 0 Å². The highest BCUT2D eigenvalue weighted by molar-refractivity contribution is 6.08. The van der Waals surface area contributed by atoms with Gasteiger partial charge in [0, 0.05) is 0 Å². The third kappa shape index (κ3) is 2.88. The molecule has 1 saturated carbocycles. The van der Waals surface area contributed by atoms with Crippen LogP contribution in [0.3, 0.4) is 0 Å². The number of rotatable bonds is 6. The van der Waals surface area contributed by atoms with Crippen LogP contribution in [0.5, 0.6) is 0 Å². The van der Waals surface area contributed by atoms with Crippen LogP contribution in [0.4, 0.5) is 0 Å². The van der Waals surface area contributed by atoms with Crippen LogP contribution in [-0.2, 0) is 25.5 Å². The van der Waals surface area contributed by atoms with E-state index in [1.54, 1.807) is 0 Å². The number of esters is 1. The first kappa shape index (κ1) is 16.1. The summed E-state index contributed by atoms with van der Waals surface area (Å²) < 4.78 is 5.21. The van der Waals surface area contributed by atoms with Crippen LogP contribution < -0.4 is 0 Å². The van der Waals surface area contributed by atoms with Crippen LogP contribution >= 0.6 is 0 Å². The second-order valence-electron chi connectivity index (χ2n) is 7.07. The number of allylic oxidation sites excluding steroid dienone is 2. The van der Waals surface area contributed by atoms with Gasteiger partial charge in [0.05, 0.1) is 18.4 Å². The number of aryl methyl sites for hydroxylation is 1. The Morgan fingerprint density at radius 2 is 1.68 bits per heavy atom. The van der Waals surface area contributed by atoms with Gasteiger partial charge in [-0.05, 0) is 36.7 Å². The fraction of sp³-hybridized carbons (Fsp3) is 0.450. The molecule has 1 aliphatic heterocycles. The summed E-state index contributed by atoms with van der Waals surface area (Å²) in [5, 5.41) is 0. The van der Waals surface area contributed by atoms with E-state index in [1.807, 2.05) is 42.5 Å². The van der Waals surface area contributed by atoms with Crippen molar-refractivity contribution < 1.29 is 19.1 Å². The average molecular weight is 339 g/mol. The molecule has 0 unspecified atom stereocenters. The van der Waals surface area contributed by atoms with Gasteiger partial charge in [-0.25, -0.2) is 0 Å². The molecule has 3 aliphatic rings. The Hall–Kier alpha value is -2.43. The molecule has 2 fully saturated rings. The van der Waals surface area contributed by atoms with Crippen molar-refractivity contribution in [2.24, 2.45) is 23.7 Å². The molecule has 4 atom stereocenters. The van der Waals surface area contributed by atoms with Gasteiger partial charge in [-0.3, -0.25) is 19.3 Å². The molecule has 2 bridgehead atoms. The minimum Gasteiger partial charge on any atom is -0.464 e. The smallest absolute Gasteiger partial charge is 0.326 e. The van der Waals surface area contributed by atoms with E-state index in [2.05, 4.69) is 0 Å². The number of carbonyl (C=O) groups is 3. The SMILES string of the molecule is O=C(CN1C(=O)[C@H]2[C@H](C1=O)[C@H]1C=C[C@H]2C1)OCCCc1ccccc1. The fourth-order valence-electron chi connectivity index (χ4n) is 4.40. The highest BCUT2D eigenvalue weighted by Gasteiger charge is 2.59. The average Bonchev–Trinajstić information content (AvgIpc) is 3.30. The van der Waals surface area contributed by atoms with Crippen LogP contribution in [0, 0.1) is 23.7 Å². The number of hydrogen-bond donors (Lipinski definition) is 0. The number of carbonyl (C=O) groups excluding carboxylic acids is 3. The van der Waals surface area contributed by atoms with Crippen LogP contribution in [0.25, 0.3) is 0 Å². The Balaban J connectivity index is 1.26. The standard InChI is InChI=1S/C20H21NO4/c22-16(25-10-4-7-13-5-2-1-3-6-13)12-21-19(23)17-14-8-9-15(11-14)18(17)20(21)24/h1-3,5-6,8-9,14-15,17-18H,4,7,10-12H2/t14-,15-,17+,18+/m0/s1. The lowest BCUT2D eigenvalue weighted by atomic mass is 9.85. The number of hydrogen-bond acceptors (Lipinski definition) is 4. The van der Waals surface area contributed by atoms with E-state index in [-0.39, 0.29) is 42.0 Å². The molecule has 1 saturated heterocycles. The zero-order valence-electron chi connectivity index (χ0n) is 14.0. The summed E-state index contributed by atoms with van der Waals surface area (Å²) in [7, 11) is 0. The summed E-state index contributed by atoms with van der Waals surface area (Å²) in [6, 6.07) is 9.98. The Labute approximate surface area is 146 Å². The van der Waals surface area contributed by atoms with Gasteiger partial charge in [0.25, 0.3) is 0 Å². The Morgan fingerprint density at radius 1 is 1.04 bits per heavy atom. The molecule has 25 heavy (non-hydrogen) atoms. The van der Waals surface area contributed by atoms with Gasteiger partial charge in [-0.2, -0.15) is 0 Å². The number of likely N-dealkylation sites (tertiary alicyclic amines) is 1. The predicted molar refractivity (Wildman–Crippen MR) is 90.2 cm³/mol. The van der Waals surface area contributed by atoms with Crippen molar-refractivity contribution in [3.8, 4) is 0 Å². The van der Waals surface area contributed by atoms with Gasteiger partial charge < -0.3 is 4.74 Å². The summed E-state index contributed by atoms with van der Waals surface area (Å²) in [5.41, 5.74) is 1.19. The van der Waals surface area contributed by atoms with Crippen LogP contribution in [0.2, 0.25) is 0 Å². The van der Waals surface area contributed by atoms with E-state index < -0.39 is 5.97 Å². The third-order valence-corrected chi connectivity index (χ3v) is 5.56. The van der Waals surface area contributed by atoms with E-state index in [0.29, 0.717) is 6.61 Å². The van der Waals surface area contributed by atoms with Crippen molar-refractivity contribution in [1.29, 1.82) is 0 Å². The van der Waals surface area contributed by atoms with Crippen LogP contribution in [0.1, 0.15) is 18.4 Å².